The van der Waals surface area contributed by atoms with Gasteiger partial charge in [-0.05, 0) is 26.3 Å². The first-order valence-corrected chi connectivity index (χ1v) is 7.91. The predicted molar refractivity (Wildman–Crippen MR) is 88.3 cm³/mol. The number of carbonyl (C=O) groups is 1. The fraction of sp³-hybridized carbons (Fsp3) is 0.250. The maximum absolute atomic E-state index is 11.9. The van der Waals surface area contributed by atoms with Gasteiger partial charge in [-0.2, -0.15) is 0 Å². The summed E-state index contributed by atoms with van der Waals surface area (Å²) in [4.78, 5) is 16.9. The number of nitrogen functional groups attached to an aromatic ring is 1. The van der Waals surface area contributed by atoms with Crippen molar-refractivity contribution in [1.29, 1.82) is 0 Å². The zero-order chi connectivity index (χ0) is 15.9. The Balaban J connectivity index is 2.18. The Labute approximate surface area is 132 Å². The first-order chi connectivity index (χ1) is 10.5. The molecule has 0 aliphatic rings. The quantitative estimate of drug-likeness (QED) is 0.752. The Bertz CT molecular complexity index is 864. The lowest BCUT2D eigenvalue weighted by molar-refractivity contribution is 0.0521. The largest absolute Gasteiger partial charge is 0.461 e. The van der Waals surface area contributed by atoms with Crippen molar-refractivity contribution < 1.29 is 9.53 Å². The van der Waals surface area contributed by atoms with Gasteiger partial charge in [-0.3, -0.25) is 4.40 Å². The number of nitrogens with two attached hydrogens (primary N) is 1. The van der Waals surface area contributed by atoms with Crippen LogP contribution in [-0.4, -0.2) is 22.0 Å². The molecule has 0 aliphatic heterocycles. The van der Waals surface area contributed by atoms with E-state index in [-0.39, 0.29) is 5.69 Å². The zero-order valence-corrected chi connectivity index (χ0v) is 13.5. The molecular formula is C16H17N3O2S. The van der Waals surface area contributed by atoms with Crippen molar-refractivity contribution in [2.75, 3.05) is 12.3 Å². The lowest BCUT2D eigenvalue weighted by Gasteiger charge is -2.07. The van der Waals surface area contributed by atoms with Gasteiger partial charge in [0.25, 0.3) is 0 Å². The summed E-state index contributed by atoms with van der Waals surface area (Å²) >= 11 is 1.46. The van der Waals surface area contributed by atoms with Gasteiger partial charge < -0.3 is 10.5 Å². The van der Waals surface area contributed by atoms with Crippen LogP contribution in [0.4, 0.5) is 5.82 Å². The monoisotopic (exact) mass is 315 g/mol. The van der Waals surface area contributed by atoms with Gasteiger partial charge in [0.1, 0.15) is 5.82 Å². The van der Waals surface area contributed by atoms with Crippen LogP contribution >= 0.6 is 11.3 Å². The highest BCUT2D eigenvalue weighted by atomic mass is 32.1. The minimum atomic E-state index is -0.484. The van der Waals surface area contributed by atoms with Gasteiger partial charge in [0.2, 0.25) is 0 Å². The van der Waals surface area contributed by atoms with Crippen molar-refractivity contribution in [2.24, 2.45) is 0 Å². The van der Waals surface area contributed by atoms with Gasteiger partial charge in [-0.1, -0.05) is 23.8 Å². The lowest BCUT2D eigenvalue weighted by Crippen LogP contribution is -2.08. The minimum absolute atomic E-state index is 0.180. The van der Waals surface area contributed by atoms with Gasteiger partial charge in [0, 0.05) is 10.9 Å². The maximum atomic E-state index is 11.9. The van der Waals surface area contributed by atoms with Crippen molar-refractivity contribution in [3.8, 4) is 11.3 Å². The smallest absolute Gasteiger partial charge is 0.360 e. The highest BCUT2D eigenvalue weighted by Crippen LogP contribution is 2.32. The predicted octanol–water partition coefficient (Wildman–Crippen LogP) is 3.44. The summed E-state index contributed by atoms with van der Waals surface area (Å²) < 4.78 is 6.82. The molecule has 114 valence electrons. The van der Waals surface area contributed by atoms with E-state index in [0.717, 1.165) is 16.8 Å². The SMILES string of the molecule is CCOC(=O)c1nc2scc(-c3ccc(C)cc3C)n2c1N. The minimum Gasteiger partial charge on any atom is -0.461 e. The fourth-order valence-corrected chi connectivity index (χ4v) is 3.42. The average Bonchev–Trinajstić information content (AvgIpc) is 3.00. The van der Waals surface area contributed by atoms with Crippen LogP contribution in [0.25, 0.3) is 16.2 Å². The molecule has 5 nitrogen and oxygen atoms in total. The Hall–Kier alpha value is -2.34. The molecule has 2 heterocycles. The number of aromatic nitrogens is 2. The van der Waals surface area contributed by atoms with Gasteiger partial charge in [-0.25, -0.2) is 9.78 Å². The molecular weight excluding hydrogens is 298 g/mol. The normalized spacial score (nSPS) is 11.0. The van der Waals surface area contributed by atoms with E-state index in [0.29, 0.717) is 17.4 Å². The summed E-state index contributed by atoms with van der Waals surface area (Å²) in [6.07, 6.45) is 0. The standard InChI is InChI=1S/C16H17N3O2S/c1-4-21-15(20)13-14(17)19-12(8-22-16(19)18-13)11-6-5-9(2)7-10(11)3/h5-8H,4,17H2,1-3H3. The van der Waals surface area contributed by atoms with E-state index in [1.165, 1.54) is 16.9 Å². The summed E-state index contributed by atoms with van der Waals surface area (Å²) in [7, 11) is 0. The number of hydrogen-bond donors (Lipinski definition) is 1. The number of rotatable bonds is 3. The van der Waals surface area contributed by atoms with Crippen LogP contribution in [0.3, 0.4) is 0 Å². The molecule has 0 saturated carbocycles. The first-order valence-electron chi connectivity index (χ1n) is 7.03. The molecule has 22 heavy (non-hydrogen) atoms. The van der Waals surface area contributed by atoms with Crippen LogP contribution in [0.15, 0.2) is 23.6 Å². The molecule has 0 amide bonds. The molecule has 2 aromatic heterocycles. The number of ether oxygens (including phenoxy) is 1. The molecule has 0 fully saturated rings. The highest BCUT2D eigenvalue weighted by Gasteiger charge is 2.21. The Kier molecular flexibility index (Phi) is 3.62. The summed E-state index contributed by atoms with van der Waals surface area (Å²) in [6.45, 7) is 6.18. The number of fused-ring (bicyclic) bond motifs is 1. The fourth-order valence-electron chi connectivity index (χ4n) is 2.52. The van der Waals surface area contributed by atoms with E-state index < -0.39 is 5.97 Å². The third kappa shape index (κ3) is 2.25. The van der Waals surface area contributed by atoms with Crippen molar-refractivity contribution in [3.63, 3.8) is 0 Å². The average molecular weight is 315 g/mol. The first kappa shape index (κ1) is 14.6. The number of carbonyl (C=O) groups excluding carboxylic acids is 1. The van der Waals surface area contributed by atoms with Crippen molar-refractivity contribution >= 4 is 28.1 Å². The van der Waals surface area contributed by atoms with E-state index in [9.17, 15) is 4.79 Å². The molecule has 0 atom stereocenters. The Morgan fingerprint density at radius 3 is 2.86 bits per heavy atom. The van der Waals surface area contributed by atoms with Gasteiger partial charge in [-0.15, -0.1) is 11.3 Å². The van der Waals surface area contributed by atoms with Gasteiger partial charge >= 0.3 is 5.97 Å². The van der Waals surface area contributed by atoms with Crippen molar-refractivity contribution in [2.45, 2.75) is 20.8 Å². The lowest BCUT2D eigenvalue weighted by atomic mass is 10.0. The Morgan fingerprint density at radius 1 is 1.41 bits per heavy atom. The second kappa shape index (κ2) is 5.46. The van der Waals surface area contributed by atoms with Crippen LogP contribution in [0, 0.1) is 13.8 Å². The van der Waals surface area contributed by atoms with Gasteiger partial charge in [0.05, 0.1) is 12.3 Å². The maximum Gasteiger partial charge on any atom is 0.360 e. The van der Waals surface area contributed by atoms with Crippen LogP contribution < -0.4 is 5.73 Å². The molecule has 0 saturated heterocycles. The summed E-state index contributed by atoms with van der Waals surface area (Å²) in [6, 6.07) is 6.25. The van der Waals surface area contributed by atoms with E-state index in [2.05, 4.69) is 37.0 Å². The van der Waals surface area contributed by atoms with E-state index in [4.69, 9.17) is 10.5 Å². The van der Waals surface area contributed by atoms with E-state index >= 15 is 0 Å². The number of anilines is 1. The molecule has 3 aromatic rings. The molecule has 1 aromatic carbocycles. The number of thiazole rings is 1. The van der Waals surface area contributed by atoms with E-state index in [1.807, 2.05) is 9.78 Å². The van der Waals surface area contributed by atoms with Crippen LogP contribution in [0.5, 0.6) is 0 Å². The number of nitrogens with zero attached hydrogens (tertiary/aromatic N) is 2. The molecule has 2 N–H and O–H groups in total. The van der Waals surface area contributed by atoms with Crippen molar-refractivity contribution in [3.05, 3.63) is 40.4 Å². The summed E-state index contributed by atoms with van der Waals surface area (Å²) in [5.74, 6) is -0.160. The second-order valence-electron chi connectivity index (χ2n) is 5.12. The second-order valence-corrected chi connectivity index (χ2v) is 5.96. The number of imidazole rings is 1. The molecule has 0 radical (unpaired) electrons. The number of benzene rings is 1. The van der Waals surface area contributed by atoms with E-state index in [1.54, 1.807) is 6.92 Å². The summed E-state index contributed by atoms with van der Waals surface area (Å²) in [5.41, 5.74) is 10.7. The van der Waals surface area contributed by atoms with Crippen LogP contribution in [-0.2, 0) is 4.74 Å². The molecule has 0 aliphatic carbocycles. The third-order valence-electron chi connectivity index (χ3n) is 3.53. The van der Waals surface area contributed by atoms with Crippen LogP contribution in [0.1, 0.15) is 28.5 Å². The number of hydrogen-bond acceptors (Lipinski definition) is 5. The molecule has 3 rings (SSSR count). The number of esters is 1. The zero-order valence-electron chi connectivity index (χ0n) is 12.7. The van der Waals surface area contributed by atoms with Crippen LogP contribution in [0.2, 0.25) is 0 Å². The molecule has 0 spiro atoms. The summed E-state index contributed by atoms with van der Waals surface area (Å²) in [5, 5.41) is 2.01. The highest BCUT2D eigenvalue weighted by molar-refractivity contribution is 7.15. The topological polar surface area (TPSA) is 69.6 Å². The molecule has 6 heteroatoms. The van der Waals surface area contributed by atoms with Gasteiger partial charge in [0.15, 0.2) is 10.7 Å². The molecule has 0 unspecified atom stereocenters. The number of aryl methyl sites for hydroxylation is 2. The Morgan fingerprint density at radius 2 is 2.18 bits per heavy atom. The van der Waals surface area contributed by atoms with Crippen molar-refractivity contribution in [1.82, 2.24) is 9.38 Å². The third-order valence-corrected chi connectivity index (χ3v) is 4.35. The molecule has 0 bridgehead atoms.